The lowest BCUT2D eigenvalue weighted by Crippen LogP contribution is -2.48. The van der Waals surface area contributed by atoms with Gasteiger partial charge in [0, 0.05) is 49.4 Å². The molecule has 4 rings (SSSR count). The van der Waals surface area contributed by atoms with Crippen LogP contribution in [-0.2, 0) is 0 Å². The number of hydrogen-bond acceptors (Lipinski definition) is 4. The van der Waals surface area contributed by atoms with Crippen LogP contribution in [0.15, 0.2) is 65.3 Å². The van der Waals surface area contributed by atoms with E-state index in [1.807, 2.05) is 37.3 Å². The molecule has 2 aromatic carbocycles. The Morgan fingerprint density at radius 3 is 2.40 bits per heavy atom. The number of nitrogens with zero attached hydrogens (tertiary/aromatic N) is 4. The molecule has 1 amide bonds. The topological polar surface area (TPSA) is 53.4 Å². The van der Waals surface area contributed by atoms with E-state index in [1.165, 1.54) is 5.69 Å². The normalized spacial score (nSPS) is 14.7. The number of anilines is 1. The van der Waals surface area contributed by atoms with E-state index in [0.717, 1.165) is 48.6 Å². The van der Waals surface area contributed by atoms with E-state index < -0.39 is 0 Å². The van der Waals surface area contributed by atoms with E-state index in [-0.39, 0.29) is 5.91 Å². The number of rotatable bonds is 6. The van der Waals surface area contributed by atoms with Crippen molar-refractivity contribution < 1.29 is 4.79 Å². The van der Waals surface area contributed by atoms with Gasteiger partial charge in [-0.1, -0.05) is 34.1 Å². The fourth-order valence-electron chi connectivity index (χ4n) is 3.77. The summed E-state index contributed by atoms with van der Waals surface area (Å²) in [6.45, 7) is 7.44. The third kappa shape index (κ3) is 4.74. The van der Waals surface area contributed by atoms with Gasteiger partial charge in [-0.3, -0.25) is 9.69 Å². The predicted molar refractivity (Wildman–Crippen MR) is 123 cm³/mol. The molecule has 1 N–H and O–H groups in total. The molecule has 0 unspecified atom stereocenters. The standard InChI is InChI=1S/C23H26BrN5O/c1-18-22(17-26-29(18)21-9-7-19(24)8-10-21)23(30)25-11-12-27-13-15-28(16-14-27)20-5-3-2-4-6-20/h2-10,17H,11-16H2,1H3,(H,25,30). The molecule has 1 aliphatic heterocycles. The lowest BCUT2D eigenvalue weighted by molar-refractivity contribution is 0.0947. The molecule has 0 atom stereocenters. The van der Waals surface area contributed by atoms with Crippen LogP contribution in [-0.4, -0.2) is 59.9 Å². The number of carbonyl (C=O) groups is 1. The first-order valence-electron chi connectivity index (χ1n) is 10.2. The highest BCUT2D eigenvalue weighted by Gasteiger charge is 2.18. The van der Waals surface area contributed by atoms with Crippen LogP contribution in [0.3, 0.4) is 0 Å². The number of piperazine rings is 1. The van der Waals surface area contributed by atoms with Gasteiger partial charge in [-0.05, 0) is 43.3 Å². The highest BCUT2D eigenvalue weighted by Crippen LogP contribution is 2.18. The maximum absolute atomic E-state index is 12.6. The van der Waals surface area contributed by atoms with Crippen molar-refractivity contribution in [3.8, 4) is 5.69 Å². The van der Waals surface area contributed by atoms with Crippen LogP contribution in [0.2, 0.25) is 0 Å². The number of amides is 1. The molecule has 7 heteroatoms. The summed E-state index contributed by atoms with van der Waals surface area (Å²) in [4.78, 5) is 17.5. The Balaban J connectivity index is 1.26. The minimum atomic E-state index is -0.0706. The van der Waals surface area contributed by atoms with Gasteiger partial charge >= 0.3 is 0 Å². The summed E-state index contributed by atoms with van der Waals surface area (Å²) >= 11 is 3.44. The number of para-hydroxylation sites is 1. The number of hydrogen-bond donors (Lipinski definition) is 1. The molecule has 0 spiro atoms. The molecule has 1 aliphatic rings. The van der Waals surface area contributed by atoms with Gasteiger partial charge < -0.3 is 10.2 Å². The Labute approximate surface area is 185 Å². The molecule has 1 saturated heterocycles. The van der Waals surface area contributed by atoms with Crippen molar-refractivity contribution in [2.75, 3.05) is 44.2 Å². The van der Waals surface area contributed by atoms with E-state index in [2.05, 4.69) is 60.4 Å². The van der Waals surface area contributed by atoms with Gasteiger partial charge in [-0.2, -0.15) is 5.10 Å². The largest absolute Gasteiger partial charge is 0.369 e. The van der Waals surface area contributed by atoms with Crippen molar-refractivity contribution >= 4 is 27.5 Å². The lowest BCUT2D eigenvalue weighted by Gasteiger charge is -2.36. The fraction of sp³-hybridized carbons (Fsp3) is 0.304. The maximum Gasteiger partial charge on any atom is 0.254 e. The first kappa shape index (κ1) is 20.6. The van der Waals surface area contributed by atoms with Gasteiger partial charge in [0.1, 0.15) is 0 Å². The zero-order valence-corrected chi connectivity index (χ0v) is 18.7. The highest BCUT2D eigenvalue weighted by atomic mass is 79.9. The van der Waals surface area contributed by atoms with Crippen LogP contribution < -0.4 is 10.2 Å². The van der Waals surface area contributed by atoms with Gasteiger partial charge in [0.05, 0.1) is 23.1 Å². The molecule has 3 aromatic rings. The molecule has 0 aliphatic carbocycles. The summed E-state index contributed by atoms with van der Waals surface area (Å²) in [6, 6.07) is 18.4. The number of halogens is 1. The second-order valence-corrected chi connectivity index (χ2v) is 8.37. The molecule has 0 bridgehead atoms. The van der Waals surface area contributed by atoms with Crippen LogP contribution in [0, 0.1) is 6.92 Å². The van der Waals surface area contributed by atoms with E-state index in [4.69, 9.17) is 0 Å². The molecular weight excluding hydrogens is 442 g/mol. The molecule has 1 aromatic heterocycles. The molecule has 1 fully saturated rings. The Morgan fingerprint density at radius 1 is 1.00 bits per heavy atom. The molecule has 6 nitrogen and oxygen atoms in total. The SMILES string of the molecule is Cc1c(C(=O)NCCN2CCN(c3ccccc3)CC2)cnn1-c1ccc(Br)cc1. The lowest BCUT2D eigenvalue weighted by atomic mass is 10.2. The first-order valence-corrected chi connectivity index (χ1v) is 11.0. The molecule has 0 radical (unpaired) electrons. The van der Waals surface area contributed by atoms with E-state index in [9.17, 15) is 4.79 Å². The van der Waals surface area contributed by atoms with Crippen molar-refractivity contribution in [3.63, 3.8) is 0 Å². The molecule has 156 valence electrons. The summed E-state index contributed by atoms with van der Waals surface area (Å²) in [5.41, 5.74) is 3.67. The van der Waals surface area contributed by atoms with Gasteiger partial charge in [0.15, 0.2) is 0 Å². The number of carbonyl (C=O) groups excluding carboxylic acids is 1. The summed E-state index contributed by atoms with van der Waals surface area (Å²) in [5.74, 6) is -0.0706. The predicted octanol–water partition coefficient (Wildman–Crippen LogP) is 3.50. The molecule has 30 heavy (non-hydrogen) atoms. The zero-order valence-electron chi connectivity index (χ0n) is 17.1. The van der Waals surface area contributed by atoms with Gasteiger partial charge in [0.25, 0.3) is 5.91 Å². The summed E-state index contributed by atoms with van der Waals surface area (Å²) < 4.78 is 2.81. The smallest absolute Gasteiger partial charge is 0.254 e. The number of aromatic nitrogens is 2. The molecule has 2 heterocycles. The zero-order chi connectivity index (χ0) is 20.9. The quantitative estimate of drug-likeness (QED) is 0.602. The van der Waals surface area contributed by atoms with Crippen LogP contribution in [0.5, 0.6) is 0 Å². The van der Waals surface area contributed by atoms with Crippen molar-refractivity contribution in [2.45, 2.75) is 6.92 Å². The Kier molecular flexibility index (Phi) is 6.50. The van der Waals surface area contributed by atoms with Crippen molar-refractivity contribution in [1.82, 2.24) is 20.0 Å². The average molecular weight is 468 g/mol. The minimum Gasteiger partial charge on any atom is -0.369 e. The number of benzene rings is 2. The van der Waals surface area contributed by atoms with E-state index in [1.54, 1.807) is 10.9 Å². The monoisotopic (exact) mass is 467 g/mol. The van der Waals surface area contributed by atoms with Crippen LogP contribution in [0.1, 0.15) is 16.1 Å². The summed E-state index contributed by atoms with van der Waals surface area (Å²) in [5, 5.41) is 7.45. The Bertz CT molecular complexity index is 979. The Hall–Kier alpha value is -2.64. The summed E-state index contributed by atoms with van der Waals surface area (Å²) in [6.07, 6.45) is 1.64. The van der Waals surface area contributed by atoms with Gasteiger partial charge in [0.2, 0.25) is 0 Å². The second kappa shape index (κ2) is 9.45. The molecular formula is C23H26BrN5O. The minimum absolute atomic E-state index is 0.0706. The van der Waals surface area contributed by atoms with Crippen LogP contribution >= 0.6 is 15.9 Å². The average Bonchev–Trinajstić information content (AvgIpc) is 3.17. The second-order valence-electron chi connectivity index (χ2n) is 7.45. The maximum atomic E-state index is 12.6. The van der Waals surface area contributed by atoms with Crippen molar-refractivity contribution in [2.24, 2.45) is 0 Å². The third-order valence-electron chi connectivity index (χ3n) is 5.53. The van der Waals surface area contributed by atoms with Gasteiger partial charge in [-0.25, -0.2) is 4.68 Å². The third-order valence-corrected chi connectivity index (χ3v) is 6.06. The summed E-state index contributed by atoms with van der Waals surface area (Å²) in [7, 11) is 0. The van der Waals surface area contributed by atoms with Crippen LogP contribution in [0.4, 0.5) is 5.69 Å². The van der Waals surface area contributed by atoms with Crippen molar-refractivity contribution in [1.29, 1.82) is 0 Å². The molecule has 0 saturated carbocycles. The van der Waals surface area contributed by atoms with E-state index >= 15 is 0 Å². The number of nitrogens with one attached hydrogen (secondary N) is 1. The first-order chi connectivity index (χ1) is 14.6. The van der Waals surface area contributed by atoms with Gasteiger partial charge in [-0.15, -0.1) is 0 Å². The Morgan fingerprint density at radius 2 is 1.70 bits per heavy atom. The van der Waals surface area contributed by atoms with Crippen molar-refractivity contribution in [3.05, 3.63) is 76.5 Å². The van der Waals surface area contributed by atoms with E-state index in [0.29, 0.717) is 12.1 Å². The highest BCUT2D eigenvalue weighted by molar-refractivity contribution is 9.10. The fourth-order valence-corrected chi connectivity index (χ4v) is 4.03. The van der Waals surface area contributed by atoms with Crippen LogP contribution in [0.25, 0.3) is 5.69 Å².